The molecular weight excluding hydrogens is 306 g/mol. The van der Waals surface area contributed by atoms with Gasteiger partial charge in [0.2, 0.25) is 5.89 Å². The predicted octanol–water partition coefficient (Wildman–Crippen LogP) is 3.57. The van der Waals surface area contributed by atoms with Crippen LogP contribution in [0.25, 0.3) is 11.5 Å². The largest absolute Gasteiger partial charge is 0.444 e. The molecule has 0 saturated heterocycles. The zero-order chi connectivity index (χ0) is 17.7. The summed E-state index contributed by atoms with van der Waals surface area (Å²) in [4.78, 5) is 16.4. The molecule has 1 heterocycles. The first-order chi connectivity index (χ1) is 11.2. The van der Waals surface area contributed by atoms with Crippen LogP contribution in [0.5, 0.6) is 0 Å². The highest BCUT2D eigenvalue weighted by Gasteiger charge is 2.21. The van der Waals surface area contributed by atoms with Gasteiger partial charge in [-0.3, -0.25) is 0 Å². The Bertz CT molecular complexity index is 692. The summed E-state index contributed by atoms with van der Waals surface area (Å²) >= 11 is 0. The van der Waals surface area contributed by atoms with Crippen molar-refractivity contribution in [3.63, 3.8) is 0 Å². The number of amides is 2. The van der Waals surface area contributed by atoms with Crippen LogP contribution in [0.3, 0.4) is 0 Å². The molecular formula is C18H25N3O3. The summed E-state index contributed by atoms with van der Waals surface area (Å²) in [6.45, 7) is 8.09. The highest BCUT2D eigenvalue weighted by Crippen LogP contribution is 2.23. The van der Waals surface area contributed by atoms with Gasteiger partial charge in [-0.2, -0.15) is 0 Å². The SMILES string of the molecule is Cc1coc(-c2cccc(NC(=O)NCC(C)(C)CC(C)O)c2)n1. The van der Waals surface area contributed by atoms with E-state index in [9.17, 15) is 9.90 Å². The molecule has 0 aliphatic heterocycles. The lowest BCUT2D eigenvalue weighted by atomic mass is 9.87. The minimum atomic E-state index is -0.397. The molecule has 1 atom stereocenters. The van der Waals surface area contributed by atoms with E-state index in [2.05, 4.69) is 15.6 Å². The van der Waals surface area contributed by atoms with E-state index in [4.69, 9.17) is 4.42 Å². The number of aliphatic hydroxyl groups excluding tert-OH is 1. The topological polar surface area (TPSA) is 87.4 Å². The van der Waals surface area contributed by atoms with Gasteiger partial charge in [0.1, 0.15) is 6.26 Å². The molecule has 130 valence electrons. The number of urea groups is 1. The predicted molar refractivity (Wildman–Crippen MR) is 93.8 cm³/mol. The number of benzene rings is 1. The number of hydrogen-bond acceptors (Lipinski definition) is 4. The summed E-state index contributed by atoms with van der Waals surface area (Å²) in [5.41, 5.74) is 2.09. The van der Waals surface area contributed by atoms with E-state index in [1.807, 2.05) is 39.0 Å². The third-order valence-electron chi connectivity index (χ3n) is 3.56. The number of carbonyl (C=O) groups is 1. The van der Waals surface area contributed by atoms with Crippen molar-refractivity contribution < 1.29 is 14.3 Å². The minimum Gasteiger partial charge on any atom is -0.444 e. The zero-order valence-corrected chi connectivity index (χ0v) is 14.6. The van der Waals surface area contributed by atoms with Crippen molar-refractivity contribution in [2.24, 2.45) is 5.41 Å². The molecule has 2 rings (SSSR count). The van der Waals surface area contributed by atoms with Crippen molar-refractivity contribution in [1.29, 1.82) is 0 Å². The number of oxazole rings is 1. The van der Waals surface area contributed by atoms with Crippen LogP contribution in [0.15, 0.2) is 34.9 Å². The first-order valence-corrected chi connectivity index (χ1v) is 8.01. The Hall–Kier alpha value is -2.34. The van der Waals surface area contributed by atoms with E-state index in [0.29, 0.717) is 24.5 Å². The molecule has 3 N–H and O–H groups in total. The fourth-order valence-corrected chi connectivity index (χ4v) is 2.58. The van der Waals surface area contributed by atoms with Gasteiger partial charge in [-0.1, -0.05) is 19.9 Å². The van der Waals surface area contributed by atoms with E-state index in [0.717, 1.165) is 11.3 Å². The maximum absolute atomic E-state index is 12.1. The second kappa shape index (κ2) is 7.49. The Kier molecular flexibility index (Phi) is 5.62. The molecule has 0 fully saturated rings. The summed E-state index contributed by atoms with van der Waals surface area (Å²) in [7, 11) is 0. The maximum Gasteiger partial charge on any atom is 0.319 e. The van der Waals surface area contributed by atoms with Gasteiger partial charge in [-0.05, 0) is 43.9 Å². The highest BCUT2D eigenvalue weighted by atomic mass is 16.3. The average molecular weight is 331 g/mol. The maximum atomic E-state index is 12.1. The number of aryl methyl sites for hydroxylation is 1. The van der Waals surface area contributed by atoms with Gasteiger partial charge in [-0.25, -0.2) is 9.78 Å². The van der Waals surface area contributed by atoms with Gasteiger partial charge < -0.3 is 20.2 Å². The molecule has 0 aliphatic rings. The van der Waals surface area contributed by atoms with Crippen LogP contribution in [-0.4, -0.2) is 28.8 Å². The Balaban J connectivity index is 1.95. The number of rotatable bonds is 6. The van der Waals surface area contributed by atoms with E-state index in [1.165, 1.54) is 0 Å². The summed E-state index contributed by atoms with van der Waals surface area (Å²) in [6.07, 6.45) is 1.81. The van der Waals surface area contributed by atoms with Gasteiger partial charge in [-0.15, -0.1) is 0 Å². The molecule has 0 aliphatic carbocycles. The Morgan fingerprint density at radius 1 is 1.42 bits per heavy atom. The lowest BCUT2D eigenvalue weighted by molar-refractivity contribution is 0.129. The Labute approximate surface area is 142 Å². The van der Waals surface area contributed by atoms with E-state index in [1.54, 1.807) is 19.3 Å². The van der Waals surface area contributed by atoms with Crippen LogP contribution in [0, 0.1) is 12.3 Å². The third-order valence-corrected chi connectivity index (χ3v) is 3.56. The van der Waals surface area contributed by atoms with Crippen molar-refractivity contribution in [3.05, 3.63) is 36.2 Å². The van der Waals surface area contributed by atoms with Crippen molar-refractivity contribution in [2.45, 2.75) is 40.2 Å². The Morgan fingerprint density at radius 3 is 2.79 bits per heavy atom. The number of anilines is 1. The van der Waals surface area contributed by atoms with Gasteiger partial charge in [0.15, 0.2) is 0 Å². The van der Waals surface area contributed by atoms with Crippen LogP contribution in [0.4, 0.5) is 10.5 Å². The third kappa shape index (κ3) is 5.38. The number of hydrogen-bond donors (Lipinski definition) is 3. The molecule has 1 aromatic carbocycles. The van der Waals surface area contributed by atoms with Crippen molar-refractivity contribution in [2.75, 3.05) is 11.9 Å². The Morgan fingerprint density at radius 2 is 2.17 bits per heavy atom. The first kappa shape index (κ1) is 18.0. The summed E-state index contributed by atoms with van der Waals surface area (Å²) in [6, 6.07) is 7.04. The smallest absolute Gasteiger partial charge is 0.319 e. The number of carbonyl (C=O) groups excluding carboxylic acids is 1. The lowest BCUT2D eigenvalue weighted by Gasteiger charge is -2.26. The number of nitrogens with one attached hydrogen (secondary N) is 2. The number of aliphatic hydroxyl groups is 1. The molecule has 1 aromatic heterocycles. The molecule has 2 aromatic rings. The van der Waals surface area contributed by atoms with Gasteiger partial charge in [0.25, 0.3) is 0 Å². The molecule has 6 nitrogen and oxygen atoms in total. The fourth-order valence-electron chi connectivity index (χ4n) is 2.58. The van der Waals surface area contributed by atoms with Gasteiger partial charge in [0, 0.05) is 17.8 Å². The second-order valence-corrected chi connectivity index (χ2v) is 6.90. The highest BCUT2D eigenvalue weighted by molar-refractivity contribution is 5.89. The monoisotopic (exact) mass is 331 g/mol. The molecule has 24 heavy (non-hydrogen) atoms. The summed E-state index contributed by atoms with van der Waals surface area (Å²) < 4.78 is 5.38. The summed E-state index contributed by atoms with van der Waals surface area (Å²) in [5.74, 6) is 0.523. The van der Waals surface area contributed by atoms with E-state index in [-0.39, 0.29) is 11.4 Å². The van der Waals surface area contributed by atoms with Crippen molar-refractivity contribution in [1.82, 2.24) is 10.3 Å². The van der Waals surface area contributed by atoms with Gasteiger partial charge >= 0.3 is 6.03 Å². The summed E-state index contributed by atoms with van der Waals surface area (Å²) in [5, 5.41) is 15.1. The molecule has 0 saturated carbocycles. The van der Waals surface area contributed by atoms with Crippen LogP contribution in [0.2, 0.25) is 0 Å². The van der Waals surface area contributed by atoms with E-state index >= 15 is 0 Å². The van der Waals surface area contributed by atoms with Crippen LogP contribution in [0.1, 0.15) is 32.9 Å². The lowest BCUT2D eigenvalue weighted by Crippen LogP contribution is -2.38. The van der Waals surface area contributed by atoms with Gasteiger partial charge in [0.05, 0.1) is 11.8 Å². The van der Waals surface area contributed by atoms with Crippen molar-refractivity contribution >= 4 is 11.7 Å². The molecule has 0 radical (unpaired) electrons. The quantitative estimate of drug-likeness (QED) is 0.755. The molecule has 0 spiro atoms. The van der Waals surface area contributed by atoms with Crippen LogP contribution < -0.4 is 10.6 Å². The van der Waals surface area contributed by atoms with E-state index < -0.39 is 6.10 Å². The van der Waals surface area contributed by atoms with Crippen LogP contribution in [-0.2, 0) is 0 Å². The molecule has 2 amide bonds. The van der Waals surface area contributed by atoms with Crippen LogP contribution >= 0.6 is 0 Å². The minimum absolute atomic E-state index is 0.178. The number of aromatic nitrogens is 1. The molecule has 6 heteroatoms. The molecule has 0 bridgehead atoms. The van der Waals surface area contributed by atoms with Crippen molar-refractivity contribution in [3.8, 4) is 11.5 Å². The average Bonchev–Trinajstić information content (AvgIpc) is 2.91. The molecule has 1 unspecified atom stereocenters. The first-order valence-electron chi connectivity index (χ1n) is 8.01. The second-order valence-electron chi connectivity index (χ2n) is 6.90. The fraction of sp³-hybridized carbons (Fsp3) is 0.444. The standard InChI is InChI=1S/C18H25N3O3/c1-12-10-24-16(20-12)14-6-5-7-15(8-14)21-17(23)19-11-18(3,4)9-13(2)22/h5-8,10,13,22H,9,11H2,1-4H3,(H2,19,21,23). The zero-order valence-electron chi connectivity index (χ0n) is 14.6. The number of nitrogens with zero attached hydrogens (tertiary/aromatic N) is 1. The normalized spacial score (nSPS) is 12.7.